The Hall–Kier alpha value is -3.13. The topological polar surface area (TPSA) is 79.2 Å². The Bertz CT molecular complexity index is 791. The first-order chi connectivity index (χ1) is 11.5. The highest BCUT2D eigenvalue weighted by Gasteiger charge is 2.13. The Balaban J connectivity index is 1.96. The summed E-state index contributed by atoms with van der Waals surface area (Å²) in [5.41, 5.74) is 2.32. The molecular weight excluding hydrogens is 304 g/mol. The molecule has 0 aliphatic rings. The number of hydrogen-bond acceptors (Lipinski definition) is 4. The van der Waals surface area contributed by atoms with Crippen LogP contribution in [0.25, 0.3) is 0 Å². The van der Waals surface area contributed by atoms with Gasteiger partial charge >= 0.3 is 5.97 Å². The van der Waals surface area contributed by atoms with Crippen LogP contribution in [-0.4, -0.2) is 18.5 Å². The molecule has 0 saturated carbocycles. The Morgan fingerprint density at radius 1 is 1.17 bits per heavy atom. The standard InChI is InChI=1S/C19H18N2O3/c1-13(2)16-8-3-4-9-17(16)21-18(22)12-24-19(23)15-7-5-6-14(10-15)11-20/h3-10,13H,12H2,1-2H3,(H,21,22). The summed E-state index contributed by atoms with van der Waals surface area (Å²) in [6.45, 7) is 3.68. The van der Waals surface area contributed by atoms with E-state index in [4.69, 9.17) is 10.00 Å². The summed E-state index contributed by atoms with van der Waals surface area (Å²) in [4.78, 5) is 23.9. The van der Waals surface area contributed by atoms with Crippen LogP contribution in [0.2, 0.25) is 0 Å². The summed E-state index contributed by atoms with van der Waals surface area (Å²) in [5.74, 6) is -0.787. The highest BCUT2D eigenvalue weighted by atomic mass is 16.5. The number of carbonyl (C=O) groups excluding carboxylic acids is 2. The van der Waals surface area contributed by atoms with E-state index >= 15 is 0 Å². The molecule has 0 saturated heterocycles. The normalized spacial score (nSPS) is 10.1. The molecule has 5 heteroatoms. The maximum absolute atomic E-state index is 12.0. The van der Waals surface area contributed by atoms with Crippen LogP contribution in [0.3, 0.4) is 0 Å². The maximum atomic E-state index is 12.0. The number of amides is 1. The van der Waals surface area contributed by atoms with Gasteiger partial charge in [0.2, 0.25) is 0 Å². The fourth-order valence-electron chi connectivity index (χ4n) is 2.23. The average Bonchev–Trinajstić information content (AvgIpc) is 2.60. The van der Waals surface area contributed by atoms with E-state index in [0.717, 1.165) is 5.56 Å². The lowest BCUT2D eigenvalue weighted by molar-refractivity contribution is -0.119. The summed E-state index contributed by atoms with van der Waals surface area (Å²) in [5, 5.41) is 11.6. The van der Waals surface area contributed by atoms with Gasteiger partial charge in [-0.2, -0.15) is 5.26 Å². The smallest absolute Gasteiger partial charge is 0.338 e. The van der Waals surface area contributed by atoms with Crippen LogP contribution < -0.4 is 5.32 Å². The fourth-order valence-corrected chi connectivity index (χ4v) is 2.23. The number of nitriles is 1. The maximum Gasteiger partial charge on any atom is 0.338 e. The van der Waals surface area contributed by atoms with Crippen LogP contribution in [0.15, 0.2) is 48.5 Å². The van der Waals surface area contributed by atoms with Gasteiger partial charge < -0.3 is 10.1 Å². The van der Waals surface area contributed by atoms with Crippen molar-refractivity contribution in [3.8, 4) is 6.07 Å². The van der Waals surface area contributed by atoms with Crippen LogP contribution >= 0.6 is 0 Å². The van der Waals surface area contributed by atoms with Crippen molar-refractivity contribution in [1.29, 1.82) is 5.26 Å². The third kappa shape index (κ3) is 4.43. The van der Waals surface area contributed by atoms with E-state index in [1.54, 1.807) is 12.1 Å². The number of benzene rings is 2. The van der Waals surface area contributed by atoms with Gasteiger partial charge in [0, 0.05) is 5.69 Å². The van der Waals surface area contributed by atoms with Crippen molar-refractivity contribution in [3.05, 3.63) is 65.2 Å². The number of carbonyl (C=O) groups is 2. The SMILES string of the molecule is CC(C)c1ccccc1NC(=O)COC(=O)c1cccc(C#N)c1. The third-order valence-corrected chi connectivity index (χ3v) is 3.42. The largest absolute Gasteiger partial charge is 0.452 e. The highest BCUT2D eigenvalue weighted by Crippen LogP contribution is 2.23. The monoisotopic (exact) mass is 322 g/mol. The number of esters is 1. The average molecular weight is 322 g/mol. The second kappa shape index (κ2) is 7.93. The van der Waals surface area contributed by atoms with E-state index in [9.17, 15) is 9.59 Å². The zero-order chi connectivity index (χ0) is 17.5. The molecule has 0 aromatic heterocycles. The Kier molecular flexibility index (Phi) is 5.69. The second-order valence-electron chi connectivity index (χ2n) is 5.56. The summed E-state index contributed by atoms with van der Waals surface area (Å²) >= 11 is 0. The van der Waals surface area contributed by atoms with Gasteiger partial charge in [0.05, 0.1) is 17.2 Å². The lowest BCUT2D eigenvalue weighted by atomic mass is 10.0. The molecule has 2 aromatic carbocycles. The third-order valence-electron chi connectivity index (χ3n) is 3.42. The molecule has 0 bridgehead atoms. The van der Waals surface area contributed by atoms with E-state index in [1.807, 2.05) is 44.2 Å². The van der Waals surface area contributed by atoms with Crippen molar-refractivity contribution < 1.29 is 14.3 Å². The lowest BCUT2D eigenvalue weighted by Crippen LogP contribution is -2.21. The van der Waals surface area contributed by atoms with Gasteiger partial charge in [0.1, 0.15) is 0 Å². The molecule has 0 fully saturated rings. The molecular formula is C19H18N2O3. The quantitative estimate of drug-likeness (QED) is 0.855. The minimum atomic E-state index is -0.639. The summed E-state index contributed by atoms with van der Waals surface area (Å²) < 4.78 is 5.00. The van der Waals surface area contributed by atoms with Gasteiger partial charge in [-0.25, -0.2) is 4.79 Å². The minimum Gasteiger partial charge on any atom is -0.452 e. The highest BCUT2D eigenvalue weighted by molar-refractivity contribution is 5.96. The fraction of sp³-hybridized carbons (Fsp3) is 0.211. The van der Waals surface area contributed by atoms with E-state index < -0.39 is 11.9 Å². The van der Waals surface area contributed by atoms with Crippen molar-refractivity contribution in [2.75, 3.05) is 11.9 Å². The molecule has 1 amide bonds. The minimum absolute atomic E-state index is 0.240. The summed E-state index contributed by atoms with van der Waals surface area (Å²) in [6.07, 6.45) is 0. The Morgan fingerprint density at radius 2 is 1.92 bits per heavy atom. The number of rotatable bonds is 5. The number of hydrogen-bond donors (Lipinski definition) is 1. The van der Waals surface area contributed by atoms with Crippen LogP contribution in [0.4, 0.5) is 5.69 Å². The number of nitrogens with one attached hydrogen (secondary N) is 1. The van der Waals surface area contributed by atoms with Gasteiger partial charge in [0.25, 0.3) is 5.91 Å². The van der Waals surface area contributed by atoms with Crippen molar-refractivity contribution in [3.63, 3.8) is 0 Å². The Morgan fingerprint density at radius 3 is 2.62 bits per heavy atom. The summed E-state index contributed by atoms with van der Waals surface area (Å²) in [6, 6.07) is 15.6. The van der Waals surface area contributed by atoms with Crippen molar-refractivity contribution in [1.82, 2.24) is 0 Å². The van der Waals surface area contributed by atoms with Gasteiger partial charge in [-0.15, -0.1) is 0 Å². The van der Waals surface area contributed by atoms with E-state index in [2.05, 4.69) is 5.32 Å². The molecule has 122 valence electrons. The molecule has 0 aliphatic heterocycles. The lowest BCUT2D eigenvalue weighted by Gasteiger charge is -2.13. The zero-order valence-corrected chi connectivity index (χ0v) is 13.6. The van der Waals surface area contributed by atoms with Crippen LogP contribution in [0, 0.1) is 11.3 Å². The first kappa shape index (κ1) is 17.2. The molecule has 5 nitrogen and oxygen atoms in total. The van der Waals surface area contributed by atoms with Crippen LogP contribution in [0.1, 0.15) is 41.3 Å². The predicted octanol–water partition coefficient (Wildman–Crippen LogP) is 3.48. The molecule has 0 atom stereocenters. The number of para-hydroxylation sites is 1. The van der Waals surface area contributed by atoms with Crippen molar-refractivity contribution in [2.45, 2.75) is 19.8 Å². The molecule has 0 unspecified atom stereocenters. The van der Waals surface area contributed by atoms with E-state index in [1.165, 1.54) is 12.1 Å². The molecule has 2 rings (SSSR count). The number of anilines is 1. The molecule has 2 aromatic rings. The molecule has 0 heterocycles. The zero-order valence-electron chi connectivity index (χ0n) is 13.6. The van der Waals surface area contributed by atoms with Crippen LogP contribution in [-0.2, 0) is 9.53 Å². The second-order valence-corrected chi connectivity index (χ2v) is 5.56. The molecule has 0 spiro atoms. The van der Waals surface area contributed by atoms with Gasteiger partial charge in [0.15, 0.2) is 6.61 Å². The molecule has 0 radical (unpaired) electrons. The molecule has 24 heavy (non-hydrogen) atoms. The van der Waals surface area contributed by atoms with Crippen LogP contribution in [0.5, 0.6) is 0 Å². The number of ether oxygens (including phenoxy) is 1. The number of nitrogens with zero attached hydrogens (tertiary/aromatic N) is 1. The van der Waals surface area contributed by atoms with E-state index in [0.29, 0.717) is 11.3 Å². The van der Waals surface area contributed by atoms with Crippen molar-refractivity contribution >= 4 is 17.6 Å². The predicted molar refractivity (Wildman–Crippen MR) is 90.6 cm³/mol. The first-order valence-corrected chi connectivity index (χ1v) is 7.57. The summed E-state index contributed by atoms with van der Waals surface area (Å²) in [7, 11) is 0. The first-order valence-electron chi connectivity index (χ1n) is 7.57. The molecule has 0 aliphatic carbocycles. The van der Waals surface area contributed by atoms with Gasteiger partial charge in [-0.3, -0.25) is 4.79 Å². The van der Waals surface area contributed by atoms with Gasteiger partial charge in [-0.1, -0.05) is 38.1 Å². The van der Waals surface area contributed by atoms with E-state index in [-0.39, 0.29) is 18.1 Å². The van der Waals surface area contributed by atoms with Crippen molar-refractivity contribution in [2.24, 2.45) is 0 Å². The molecule has 1 N–H and O–H groups in total. The Labute approximate surface area is 140 Å². The van der Waals surface area contributed by atoms with Gasteiger partial charge in [-0.05, 0) is 35.7 Å².